The summed E-state index contributed by atoms with van der Waals surface area (Å²) in [7, 11) is 1.53. The van der Waals surface area contributed by atoms with Crippen LogP contribution in [-0.2, 0) is 4.79 Å². The van der Waals surface area contributed by atoms with E-state index in [1.165, 1.54) is 18.9 Å². The lowest BCUT2D eigenvalue weighted by Gasteiger charge is -2.11. The van der Waals surface area contributed by atoms with Gasteiger partial charge >= 0.3 is 5.97 Å². The third kappa shape index (κ3) is 3.40. The Morgan fingerprint density at radius 1 is 1.65 bits per heavy atom. The van der Waals surface area contributed by atoms with E-state index in [9.17, 15) is 4.79 Å². The maximum Gasteiger partial charge on any atom is 0.316 e. The quantitative estimate of drug-likeness (QED) is 0.814. The Kier molecular flexibility index (Phi) is 4.85. The highest BCUT2D eigenvalue weighted by atomic mass is 32.2. The van der Waals surface area contributed by atoms with Crippen LogP contribution in [0.4, 0.5) is 0 Å². The zero-order chi connectivity index (χ0) is 12.8. The van der Waals surface area contributed by atoms with Crippen LogP contribution >= 0.6 is 11.8 Å². The molecule has 0 aromatic heterocycles. The second-order valence-electron chi connectivity index (χ2n) is 3.33. The van der Waals surface area contributed by atoms with E-state index in [1.54, 1.807) is 25.1 Å². The summed E-state index contributed by atoms with van der Waals surface area (Å²) in [5.41, 5.74) is 0.468. The largest absolute Gasteiger partial charge is 0.497 e. The fraction of sp³-hybridized carbons (Fsp3) is 0.333. The average Bonchev–Trinajstić information content (AvgIpc) is 2.35. The molecule has 1 aromatic carbocycles. The molecule has 0 aliphatic rings. The van der Waals surface area contributed by atoms with Gasteiger partial charge in [0.15, 0.2) is 0 Å². The first kappa shape index (κ1) is 13.4. The average molecular weight is 251 g/mol. The topological polar surface area (TPSA) is 70.3 Å². The minimum Gasteiger partial charge on any atom is -0.497 e. The minimum absolute atomic E-state index is 0.468. The van der Waals surface area contributed by atoms with Crippen LogP contribution in [0.25, 0.3) is 0 Å². The maximum atomic E-state index is 11.0. The third-order valence-electron chi connectivity index (χ3n) is 2.22. The van der Waals surface area contributed by atoms with Gasteiger partial charge in [0.1, 0.15) is 17.1 Å². The standard InChI is InChI=1S/C12H13NO3S/c1-3-10(12(14)15)17-11-6-9(16-2)5-4-8(11)7-13/h4-6,10H,3H2,1-2H3,(H,14,15). The fourth-order valence-electron chi connectivity index (χ4n) is 1.28. The second kappa shape index (κ2) is 6.16. The third-order valence-corrected chi connectivity index (χ3v) is 3.64. The van der Waals surface area contributed by atoms with Gasteiger partial charge in [0, 0.05) is 4.90 Å². The Morgan fingerprint density at radius 2 is 2.35 bits per heavy atom. The summed E-state index contributed by atoms with van der Waals surface area (Å²) in [6.45, 7) is 1.80. The number of benzene rings is 1. The molecule has 17 heavy (non-hydrogen) atoms. The molecule has 0 saturated heterocycles. The molecule has 0 heterocycles. The van der Waals surface area contributed by atoms with E-state index in [1.807, 2.05) is 6.07 Å². The first-order valence-electron chi connectivity index (χ1n) is 5.10. The van der Waals surface area contributed by atoms with Gasteiger partial charge in [-0.1, -0.05) is 6.92 Å². The zero-order valence-corrected chi connectivity index (χ0v) is 10.5. The lowest BCUT2D eigenvalue weighted by molar-refractivity contribution is -0.136. The van der Waals surface area contributed by atoms with Crippen LogP contribution in [0.1, 0.15) is 18.9 Å². The van der Waals surface area contributed by atoms with Gasteiger partial charge in [-0.3, -0.25) is 4.79 Å². The number of carbonyl (C=O) groups is 1. The minimum atomic E-state index is -0.871. The molecule has 0 amide bonds. The van der Waals surface area contributed by atoms with Crippen LogP contribution in [0.5, 0.6) is 5.75 Å². The van der Waals surface area contributed by atoms with Crippen LogP contribution in [0.3, 0.4) is 0 Å². The van der Waals surface area contributed by atoms with E-state index < -0.39 is 11.2 Å². The monoisotopic (exact) mass is 251 g/mol. The second-order valence-corrected chi connectivity index (χ2v) is 4.57. The number of methoxy groups -OCH3 is 1. The van der Waals surface area contributed by atoms with E-state index in [-0.39, 0.29) is 0 Å². The Balaban J connectivity index is 3.03. The van der Waals surface area contributed by atoms with Crippen molar-refractivity contribution in [1.82, 2.24) is 0 Å². The molecule has 0 aliphatic heterocycles. The fourth-order valence-corrected chi connectivity index (χ4v) is 2.28. The van der Waals surface area contributed by atoms with Gasteiger partial charge in [0.2, 0.25) is 0 Å². The highest BCUT2D eigenvalue weighted by Crippen LogP contribution is 2.31. The van der Waals surface area contributed by atoms with Crippen LogP contribution in [0.2, 0.25) is 0 Å². The van der Waals surface area contributed by atoms with Crippen LogP contribution in [-0.4, -0.2) is 23.4 Å². The number of ether oxygens (including phenoxy) is 1. The molecule has 0 radical (unpaired) electrons. The summed E-state index contributed by atoms with van der Waals surface area (Å²) in [6, 6.07) is 7.05. The molecule has 1 atom stereocenters. The van der Waals surface area contributed by atoms with E-state index in [2.05, 4.69) is 0 Å². The number of carboxylic acid groups (broad SMARTS) is 1. The zero-order valence-electron chi connectivity index (χ0n) is 9.64. The number of hydrogen-bond donors (Lipinski definition) is 1. The van der Waals surface area contributed by atoms with Crippen molar-refractivity contribution in [2.24, 2.45) is 0 Å². The van der Waals surface area contributed by atoms with Gasteiger partial charge in [-0.25, -0.2) is 0 Å². The molecule has 0 saturated carbocycles. The van der Waals surface area contributed by atoms with Crippen LogP contribution < -0.4 is 4.74 Å². The first-order valence-corrected chi connectivity index (χ1v) is 5.98. The molecule has 0 spiro atoms. The molecule has 0 fully saturated rings. The van der Waals surface area contributed by atoms with Crippen molar-refractivity contribution in [2.75, 3.05) is 7.11 Å². The van der Waals surface area contributed by atoms with Crippen LogP contribution in [0, 0.1) is 11.3 Å². The summed E-state index contributed by atoms with van der Waals surface area (Å²) >= 11 is 1.18. The van der Waals surface area contributed by atoms with E-state index in [0.717, 1.165) is 0 Å². The van der Waals surface area contributed by atoms with Crippen LogP contribution in [0.15, 0.2) is 23.1 Å². The molecule has 1 rings (SSSR count). The molecular weight excluding hydrogens is 238 g/mol. The molecule has 0 aliphatic carbocycles. The predicted molar refractivity (Wildman–Crippen MR) is 65.3 cm³/mol. The molecule has 1 unspecified atom stereocenters. The van der Waals surface area contributed by atoms with Crippen molar-refractivity contribution in [3.63, 3.8) is 0 Å². The number of rotatable bonds is 5. The lowest BCUT2D eigenvalue weighted by atomic mass is 10.2. The van der Waals surface area contributed by atoms with Gasteiger partial charge in [0.05, 0.1) is 12.7 Å². The molecule has 1 N–H and O–H groups in total. The van der Waals surface area contributed by atoms with Crippen molar-refractivity contribution in [2.45, 2.75) is 23.5 Å². The Morgan fingerprint density at radius 3 is 2.82 bits per heavy atom. The number of aliphatic carboxylic acids is 1. The lowest BCUT2D eigenvalue weighted by Crippen LogP contribution is -2.14. The predicted octanol–water partition coefficient (Wildman–Crippen LogP) is 2.52. The summed E-state index contributed by atoms with van der Waals surface area (Å²) in [5.74, 6) is -0.254. The number of thioether (sulfide) groups is 1. The van der Waals surface area contributed by atoms with Gasteiger partial charge in [-0.05, 0) is 24.6 Å². The summed E-state index contributed by atoms with van der Waals surface area (Å²) in [6.07, 6.45) is 0.502. The van der Waals surface area contributed by atoms with Crippen molar-refractivity contribution >= 4 is 17.7 Å². The summed E-state index contributed by atoms with van der Waals surface area (Å²) < 4.78 is 5.06. The van der Waals surface area contributed by atoms with Gasteiger partial charge in [-0.2, -0.15) is 5.26 Å². The molecular formula is C12H13NO3S. The maximum absolute atomic E-state index is 11.0. The van der Waals surface area contributed by atoms with Gasteiger partial charge < -0.3 is 9.84 Å². The summed E-state index contributed by atoms with van der Waals surface area (Å²) in [5, 5.41) is 17.4. The van der Waals surface area contributed by atoms with Gasteiger partial charge in [-0.15, -0.1) is 11.8 Å². The van der Waals surface area contributed by atoms with Crippen molar-refractivity contribution < 1.29 is 14.6 Å². The van der Waals surface area contributed by atoms with Crippen molar-refractivity contribution in [3.05, 3.63) is 23.8 Å². The van der Waals surface area contributed by atoms with Crippen molar-refractivity contribution in [3.8, 4) is 11.8 Å². The SMILES string of the molecule is CCC(Sc1cc(OC)ccc1C#N)C(=O)O. The molecule has 90 valence electrons. The smallest absolute Gasteiger partial charge is 0.316 e. The number of nitriles is 1. The molecule has 0 bridgehead atoms. The molecule has 1 aromatic rings. The highest BCUT2D eigenvalue weighted by Gasteiger charge is 2.18. The highest BCUT2D eigenvalue weighted by molar-refractivity contribution is 8.00. The molecule has 4 nitrogen and oxygen atoms in total. The van der Waals surface area contributed by atoms with Crippen molar-refractivity contribution in [1.29, 1.82) is 5.26 Å². The van der Waals surface area contributed by atoms with E-state index in [0.29, 0.717) is 22.6 Å². The number of nitrogens with zero attached hydrogens (tertiary/aromatic N) is 1. The Hall–Kier alpha value is -1.67. The number of carboxylic acids is 1. The molecule has 5 heteroatoms. The summed E-state index contributed by atoms with van der Waals surface area (Å²) in [4.78, 5) is 11.6. The van der Waals surface area contributed by atoms with E-state index >= 15 is 0 Å². The Labute approximate surface area is 104 Å². The van der Waals surface area contributed by atoms with E-state index in [4.69, 9.17) is 15.1 Å². The number of hydrogen-bond acceptors (Lipinski definition) is 4. The Bertz CT molecular complexity index is 454. The normalized spacial score (nSPS) is 11.6. The van der Waals surface area contributed by atoms with Gasteiger partial charge in [0.25, 0.3) is 0 Å². The first-order chi connectivity index (χ1) is 8.12.